The number of nitrogens with two attached hydrogens (primary N) is 2. The Morgan fingerprint density at radius 3 is 1.19 bits per heavy atom. The van der Waals surface area contributed by atoms with E-state index in [4.69, 9.17) is 9.47 Å². The molecule has 0 saturated heterocycles. The number of hydrazine groups is 1. The van der Waals surface area contributed by atoms with E-state index in [-0.39, 0.29) is 17.6 Å². The zero-order valence-corrected chi connectivity index (χ0v) is 12.0. The molecule has 0 aromatic rings. The van der Waals surface area contributed by atoms with Crippen molar-refractivity contribution in [3.8, 4) is 0 Å². The molecule has 0 bridgehead atoms. The summed E-state index contributed by atoms with van der Waals surface area (Å²) in [6.07, 6.45) is -0.296. The molecule has 0 saturated carbocycles. The molecule has 100 valence electrons. The third-order valence-corrected chi connectivity index (χ3v) is 1.33. The van der Waals surface area contributed by atoms with E-state index in [9.17, 15) is 0 Å². The molecule has 0 rings (SSSR count). The predicted octanol–water partition coefficient (Wildman–Crippen LogP) is 1.28. The normalized spacial score (nSPS) is 12.8. The van der Waals surface area contributed by atoms with Crippen molar-refractivity contribution in [1.29, 1.82) is 0 Å². The van der Waals surface area contributed by atoms with Gasteiger partial charge in [0.1, 0.15) is 0 Å². The highest BCUT2D eigenvalue weighted by Gasteiger charge is 2.25. The van der Waals surface area contributed by atoms with Gasteiger partial charge in [-0.25, -0.2) is 0 Å². The topological polar surface area (TPSA) is 73.7 Å². The highest BCUT2D eigenvalue weighted by molar-refractivity contribution is 4.64. The molecule has 0 radical (unpaired) electrons. The molecule has 0 aromatic carbocycles. The summed E-state index contributed by atoms with van der Waals surface area (Å²) in [6.45, 7) is 12.1. The summed E-state index contributed by atoms with van der Waals surface area (Å²) in [5.41, 5.74) is -0.389. The molecule has 0 heterocycles. The van der Waals surface area contributed by atoms with Gasteiger partial charge >= 0.3 is 0 Å². The van der Waals surface area contributed by atoms with Crippen LogP contribution in [0.5, 0.6) is 0 Å². The Bertz CT molecular complexity index is 155. The molecule has 16 heavy (non-hydrogen) atoms. The summed E-state index contributed by atoms with van der Waals surface area (Å²) < 4.78 is 11.6. The average molecular weight is 235 g/mol. The fraction of sp³-hybridized carbons (Fsp3) is 1.00. The third-order valence-electron chi connectivity index (χ3n) is 1.33. The summed E-state index contributed by atoms with van der Waals surface area (Å²) in [5.74, 6) is 8.00. The van der Waals surface area contributed by atoms with Crippen LogP contribution in [0.1, 0.15) is 41.5 Å². The van der Waals surface area contributed by atoms with E-state index in [2.05, 4.69) is 11.7 Å². The van der Waals surface area contributed by atoms with Crippen molar-refractivity contribution in [1.82, 2.24) is 4.90 Å². The van der Waals surface area contributed by atoms with E-state index < -0.39 is 0 Å². The van der Waals surface area contributed by atoms with Gasteiger partial charge in [0, 0.05) is 0 Å². The maximum atomic E-state index is 5.78. The molecule has 4 N–H and O–H groups in total. The summed E-state index contributed by atoms with van der Waals surface area (Å²) in [5, 5.41) is 0. The van der Waals surface area contributed by atoms with Crippen molar-refractivity contribution in [3.05, 3.63) is 0 Å². The standard InChI is InChI=1S/C11H25NO2.H4N2/c1-10(2,3)13-9(12(7)8)14-11(4,5)6;1-2/h9H,1-8H3;1-2H2. The summed E-state index contributed by atoms with van der Waals surface area (Å²) >= 11 is 0. The van der Waals surface area contributed by atoms with Gasteiger partial charge in [0.15, 0.2) is 0 Å². The fourth-order valence-corrected chi connectivity index (χ4v) is 0.840. The van der Waals surface area contributed by atoms with Crippen LogP contribution in [0.4, 0.5) is 0 Å². The Morgan fingerprint density at radius 1 is 0.812 bits per heavy atom. The zero-order chi connectivity index (χ0) is 13.6. The molecule has 0 atom stereocenters. The first-order chi connectivity index (χ1) is 7.01. The lowest BCUT2D eigenvalue weighted by molar-refractivity contribution is -0.285. The second-order valence-corrected chi connectivity index (χ2v) is 5.73. The van der Waals surface area contributed by atoms with Crippen molar-refractivity contribution >= 4 is 0 Å². The maximum absolute atomic E-state index is 5.78. The highest BCUT2D eigenvalue weighted by atomic mass is 16.7. The van der Waals surface area contributed by atoms with Crippen LogP contribution in [-0.4, -0.2) is 36.6 Å². The van der Waals surface area contributed by atoms with Gasteiger partial charge in [-0.15, -0.1) is 0 Å². The molecule has 5 heteroatoms. The van der Waals surface area contributed by atoms with Crippen LogP contribution >= 0.6 is 0 Å². The number of rotatable bonds is 3. The largest absolute Gasteiger partial charge is 0.334 e. The second-order valence-electron chi connectivity index (χ2n) is 5.73. The second kappa shape index (κ2) is 7.19. The molecule has 0 spiro atoms. The van der Waals surface area contributed by atoms with E-state index >= 15 is 0 Å². The molecule has 0 amide bonds. The van der Waals surface area contributed by atoms with Crippen LogP contribution in [0.15, 0.2) is 0 Å². The maximum Gasteiger partial charge on any atom is 0.219 e. The Labute approximate surface area is 100 Å². The minimum absolute atomic E-state index is 0.194. The van der Waals surface area contributed by atoms with Crippen molar-refractivity contribution in [2.45, 2.75) is 59.2 Å². The minimum atomic E-state index is -0.296. The molecular weight excluding hydrogens is 206 g/mol. The van der Waals surface area contributed by atoms with Gasteiger partial charge in [-0.2, -0.15) is 0 Å². The number of hydrogen-bond donors (Lipinski definition) is 2. The lowest BCUT2D eigenvalue weighted by Gasteiger charge is -2.35. The zero-order valence-electron chi connectivity index (χ0n) is 12.0. The van der Waals surface area contributed by atoms with E-state index in [1.807, 2.05) is 60.5 Å². The molecule has 0 aromatic heterocycles. The van der Waals surface area contributed by atoms with Crippen LogP contribution in [0.25, 0.3) is 0 Å². The lowest BCUT2D eigenvalue weighted by atomic mass is 10.2. The Hall–Kier alpha value is -0.200. The van der Waals surface area contributed by atoms with Crippen LogP contribution in [0.3, 0.4) is 0 Å². The van der Waals surface area contributed by atoms with Gasteiger partial charge in [0.05, 0.1) is 11.2 Å². The van der Waals surface area contributed by atoms with Gasteiger partial charge < -0.3 is 9.47 Å². The first-order valence-corrected chi connectivity index (χ1v) is 5.37. The van der Waals surface area contributed by atoms with E-state index in [0.717, 1.165) is 0 Å². The first-order valence-electron chi connectivity index (χ1n) is 5.37. The molecule has 0 aliphatic heterocycles. The number of nitrogens with zero attached hydrogens (tertiary/aromatic N) is 1. The van der Waals surface area contributed by atoms with Crippen LogP contribution in [0, 0.1) is 0 Å². The SMILES string of the molecule is CN(C)C(OC(C)(C)C)OC(C)(C)C.NN. The number of ether oxygens (including phenoxy) is 2. The fourth-order valence-electron chi connectivity index (χ4n) is 0.840. The van der Waals surface area contributed by atoms with E-state index in [1.165, 1.54) is 0 Å². The van der Waals surface area contributed by atoms with E-state index in [1.54, 1.807) is 0 Å². The molecule has 0 unspecified atom stereocenters. The lowest BCUT2D eigenvalue weighted by Crippen LogP contribution is -2.43. The first kappa shape index (κ1) is 18.2. The average Bonchev–Trinajstić information content (AvgIpc) is 2.01. The Morgan fingerprint density at radius 2 is 1.06 bits per heavy atom. The van der Waals surface area contributed by atoms with Crippen LogP contribution < -0.4 is 11.7 Å². The smallest absolute Gasteiger partial charge is 0.219 e. The number of hydrogen-bond acceptors (Lipinski definition) is 5. The minimum Gasteiger partial charge on any atom is -0.334 e. The van der Waals surface area contributed by atoms with Crippen LogP contribution in [-0.2, 0) is 9.47 Å². The highest BCUT2D eigenvalue weighted by Crippen LogP contribution is 2.18. The summed E-state index contributed by atoms with van der Waals surface area (Å²) in [4.78, 5) is 1.93. The monoisotopic (exact) mass is 235 g/mol. The molecule has 0 aliphatic rings. The van der Waals surface area contributed by atoms with Gasteiger partial charge in [0.2, 0.25) is 6.41 Å². The molecular formula is C11H29N3O2. The predicted molar refractivity (Wildman–Crippen MR) is 67.5 cm³/mol. The van der Waals surface area contributed by atoms with Crippen molar-refractivity contribution in [2.24, 2.45) is 11.7 Å². The van der Waals surface area contributed by atoms with Gasteiger partial charge in [-0.1, -0.05) is 0 Å². The quantitative estimate of drug-likeness (QED) is 0.438. The molecule has 0 fully saturated rings. The third kappa shape index (κ3) is 11.9. The van der Waals surface area contributed by atoms with Crippen molar-refractivity contribution in [3.63, 3.8) is 0 Å². The van der Waals surface area contributed by atoms with Crippen LogP contribution in [0.2, 0.25) is 0 Å². The molecule has 5 nitrogen and oxygen atoms in total. The van der Waals surface area contributed by atoms with E-state index in [0.29, 0.717) is 0 Å². The Kier molecular flexibility index (Phi) is 8.17. The molecule has 0 aliphatic carbocycles. The van der Waals surface area contributed by atoms with Gasteiger partial charge in [-0.05, 0) is 55.6 Å². The van der Waals surface area contributed by atoms with Crippen molar-refractivity contribution < 1.29 is 9.47 Å². The van der Waals surface area contributed by atoms with Crippen molar-refractivity contribution in [2.75, 3.05) is 14.1 Å². The van der Waals surface area contributed by atoms with Gasteiger partial charge in [0.25, 0.3) is 0 Å². The Balaban J connectivity index is 0. The van der Waals surface area contributed by atoms with Gasteiger partial charge in [-0.3, -0.25) is 16.6 Å². The summed E-state index contributed by atoms with van der Waals surface area (Å²) in [6, 6.07) is 0. The summed E-state index contributed by atoms with van der Waals surface area (Å²) in [7, 11) is 3.89.